The molecule has 5 heterocycles. The molecule has 0 fully saturated rings. The number of benzene rings is 2. The van der Waals surface area contributed by atoms with E-state index in [2.05, 4.69) is 60.4 Å². The summed E-state index contributed by atoms with van der Waals surface area (Å²) in [5, 5.41) is 3.46. The highest BCUT2D eigenvalue weighted by Gasteiger charge is 2.13. The van der Waals surface area contributed by atoms with Crippen LogP contribution in [0, 0.1) is 48.5 Å². The van der Waals surface area contributed by atoms with E-state index < -0.39 is 11.1 Å². The van der Waals surface area contributed by atoms with Crippen molar-refractivity contribution in [3.05, 3.63) is 138 Å². The summed E-state index contributed by atoms with van der Waals surface area (Å²) in [4.78, 5) is 53.5. The molecule has 0 unspecified atom stereocenters. The minimum Gasteiger partial charge on any atom is -0.288 e. The van der Waals surface area contributed by atoms with Gasteiger partial charge in [-0.3, -0.25) is 28.7 Å². The van der Waals surface area contributed by atoms with Crippen molar-refractivity contribution in [2.24, 2.45) is 0 Å². The number of thiophene rings is 2. The fraction of sp³-hybridized carbons (Fsp3) is 0.158. The van der Waals surface area contributed by atoms with Crippen LogP contribution in [-0.4, -0.2) is 9.55 Å². The fourth-order valence-electron chi connectivity index (χ4n) is 5.32. The molecule has 0 radical (unpaired) electrons. The molecule has 0 aliphatic carbocycles. The molecule has 5 aromatic heterocycles. The van der Waals surface area contributed by atoms with Crippen LogP contribution in [0.4, 0.5) is 0 Å². The molecule has 0 aliphatic heterocycles. The number of nitrogens with zero attached hydrogens (tertiary/aromatic N) is 1. The van der Waals surface area contributed by atoms with Gasteiger partial charge >= 0.3 is 0 Å². The number of fused-ring (bicyclic) bond motifs is 8. The molecule has 0 atom stereocenters. The lowest BCUT2D eigenvalue weighted by Gasteiger charge is -1.99. The number of nitrogens with one attached hydrogen (secondary N) is 1. The Balaban J connectivity index is 1.47. The van der Waals surface area contributed by atoms with E-state index in [0.29, 0.717) is 38.9 Å². The fourth-order valence-corrected chi connectivity index (χ4v) is 6.75. The summed E-state index contributed by atoms with van der Waals surface area (Å²) in [5.74, 6) is 0. The van der Waals surface area contributed by atoms with E-state index in [-0.39, 0.29) is 21.9 Å². The predicted octanol–water partition coefficient (Wildman–Crippen LogP) is 6.97. The summed E-state index contributed by atoms with van der Waals surface area (Å²) in [5.41, 5.74) is -1.50. The lowest BCUT2D eigenvalue weighted by atomic mass is 10.1. The quantitative estimate of drug-likeness (QED) is 0.207. The Morgan fingerprint density at radius 1 is 0.543 bits per heavy atom. The van der Waals surface area contributed by atoms with Gasteiger partial charge in [-0.25, -0.2) is 0 Å². The van der Waals surface area contributed by atoms with Gasteiger partial charge < -0.3 is 0 Å². The Bertz CT molecular complexity index is 2510. The van der Waals surface area contributed by atoms with Gasteiger partial charge in [-0.2, -0.15) is 0 Å². The molecule has 220 valence electrons. The molecule has 7 aromatic rings. The number of aromatic nitrogens is 2. The summed E-state index contributed by atoms with van der Waals surface area (Å²) in [6.45, 7) is 2.51. The van der Waals surface area contributed by atoms with E-state index in [0.717, 1.165) is 44.5 Å². The van der Waals surface area contributed by atoms with Gasteiger partial charge in [0, 0.05) is 28.1 Å². The minimum atomic E-state index is -0.455. The molecular weight excluding hydrogens is 613 g/mol. The highest BCUT2D eigenvalue weighted by atomic mass is 32.1. The number of H-pyrrole nitrogens is 1. The van der Waals surface area contributed by atoms with Gasteiger partial charge in [0.1, 0.15) is 0 Å². The predicted molar refractivity (Wildman–Crippen MR) is 186 cm³/mol. The first-order valence-corrected chi connectivity index (χ1v) is 16.4. The van der Waals surface area contributed by atoms with Gasteiger partial charge in [0.2, 0.25) is 0 Å². The third-order valence-electron chi connectivity index (χ3n) is 7.71. The van der Waals surface area contributed by atoms with Crippen LogP contribution >= 0.6 is 22.7 Å². The zero-order valence-electron chi connectivity index (χ0n) is 24.6. The maximum atomic E-state index is 13.3. The van der Waals surface area contributed by atoms with Gasteiger partial charge in [0.05, 0.1) is 40.3 Å². The molecule has 46 heavy (non-hydrogen) atoms. The topological polar surface area (TPSA) is 89.0 Å². The highest BCUT2D eigenvalue weighted by molar-refractivity contribution is 7.23. The van der Waals surface area contributed by atoms with E-state index in [1.807, 2.05) is 24.3 Å². The summed E-state index contributed by atoms with van der Waals surface area (Å²) < 4.78 is 4.35. The van der Waals surface area contributed by atoms with Crippen molar-refractivity contribution in [1.29, 1.82) is 0 Å². The number of hydrogen-bond donors (Lipinski definition) is 1. The largest absolute Gasteiger partial charge is 0.288 e. The number of hydrogen-bond acceptors (Lipinski definition) is 6. The van der Waals surface area contributed by atoms with Crippen LogP contribution in [0.25, 0.3) is 61.9 Å². The maximum Gasteiger partial charge on any atom is 0.261 e. The number of rotatable bonds is 5. The average Bonchev–Trinajstić information content (AvgIpc) is 3.82. The highest BCUT2D eigenvalue weighted by Crippen LogP contribution is 2.20. The molecule has 0 aliphatic rings. The first kappa shape index (κ1) is 29.1. The van der Waals surface area contributed by atoms with Crippen molar-refractivity contribution < 1.29 is 0 Å². The standard InChI is InChI=1S/C38H22N2O4S2/c1-2-3-4-5-18-40-37(43)33-21-25-8-12-29-16-14-27(45-29)10-6-23-19-31-32(36(42)39-35(31)41)20-24(23)7-11-28-15-17-30(46-28)13-9-26(25)22-34(33)38(40)44/h14-17,19-22H,2-5,18H2,1H3,(H,39,41,42). The third kappa shape index (κ3) is 5.53. The van der Waals surface area contributed by atoms with Crippen molar-refractivity contribution in [1.82, 2.24) is 9.55 Å². The van der Waals surface area contributed by atoms with E-state index in [4.69, 9.17) is 0 Å². The Hall–Kier alpha value is -5.64. The smallest absolute Gasteiger partial charge is 0.261 e. The van der Waals surface area contributed by atoms with Gasteiger partial charge in [0.15, 0.2) is 0 Å². The first-order valence-electron chi connectivity index (χ1n) is 14.7. The second-order valence-corrected chi connectivity index (χ2v) is 13.0. The zero-order valence-corrected chi connectivity index (χ0v) is 26.2. The zero-order chi connectivity index (χ0) is 31.8. The van der Waals surface area contributed by atoms with Crippen LogP contribution in [0.3, 0.4) is 0 Å². The molecule has 7 rings (SSSR count). The average molecular weight is 635 g/mol. The molecule has 2 aromatic carbocycles. The molecule has 0 amide bonds. The molecule has 0 saturated carbocycles. The van der Waals surface area contributed by atoms with Crippen LogP contribution < -0.4 is 22.2 Å². The summed E-state index contributed by atoms with van der Waals surface area (Å²) in [7, 11) is 0. The monoisotopic (exact) mass is 634 g/mol. The van der Waals surface area contributed by atoms with Crippen molar-refractivity contribution in [3.63, 3.8) is 0 Å². The molecule has 8 heteroatoms. The first-order chi connectivity index (χ1) is 22.4. The van der Waals surface area contributed by atoms with Crippen molar-refractivity contribution >= 4 is 84.6 Å². The molecule has 0 spiro atoms. The number of aromatic amines is 1. The van der Waals surface area contributed by atoms with E-state index in [9.17, 15) is 19.2 Å². The van der Waals surface area contributed by atoms with Gasteiger partial charge in [-0.1, -0.05) is 74.7 Å². The van der Waals surface area contributed by atoms with Gasteiger partial charge in [-0.05, 0) is 55.0 Å². The third-order valence-corrected chi connectivity index (χ3v) is 9.54. The van der Waals surface area contributed by atoms with Crippen LogP contribution in [0.5, 0.6) is 0 Å². The molecular formula is C38H22N2O4S2. The normalized spacial score (nSPS) is 10.8. The Kier molecular flexibility index (Phi) is 7.61. The summed E-state index contributed by atoms with van der Waals surface area (Å²) in [6.07, 6.45) is 3.86. The van der Waals surface area contributed by atoms with Crippen LogP contribution in [0.2, 0.25) is 0 Å². The van der Waals surface area contributed by atoms with Gasteiger partial charge in [-0.15, -0.1) is 22.7 Å². The van der Waals surface area contributed by atoms with E-state index in [1.165, 1.54) is 27.2 Å². The minimum absolute atomic E-state index is 0.276. The second-order valence-electron chi connectivity index (χ2n) is 10.8. The van der Waals surface area contributed by atoms with E-state index in [1.54, 1.807) is 24.3 Å². The lowest BCUT2D eigenvalue weighted by molar-refractivity contribution is 0.568. The lowest BCUT2D eigenvalue weighted by Crippen LogP contribution is -2.25. The SMILES string of the molecule is CCCCCCn1c(=O)c2cc3c#cc4ccc(c#cc5cc6c(=O)[nH]c(=O)c6cc5c#cc5ccc(c#cc3cc2c1=O)s5)s4. The van der Waals surface area contributed by atoms with Crippen molar-refractivity contribution in [2.45, 2.75) is 39.2 Å². The maximum absolute atomic E-state index is 13.3. The van der Waals surface area contributed by atoms with Crippen LogP contribution in [0.1, 0.15) is 32.6 Å². The Labute approximate surface area is 270 Å². The Morgan fingerprint density at radius 3 is 1.33 bits per heavy atom. The van der Waals surface area contributed by atoms with Crippen LogP contribution in [0.15, 0.2) is 67.7 Å². The van der Waals surface area contributed by atoms with Gasteiger partial charge in [0.25, 0.3) is 22.2 Å². The Morgan fingerprint density at radius 2 is 0.935 bits per heavy atom. The van der Waals surface area contributed by atoms with Crippen LogP contribution in [-0.2, 0) is 6.54 Å². The molecule has 1 N–H and O–H groups in total. The van der Waals surface area contributed by atoms with E-state index >= 15 is 0 Å². The van der Waals surface area contributed by atoms with Crippen molar-refractivity contribution in [2.75, 3.05) is 0 Å². The summed E-state index contributed by atoms with van der Waals surface area (Å²) in [6, 6.07) is 39.3. The second kappa shape index (κ2) is 12.0. The van der Waals surface area contributed by atoms with Crippen molar-refractivity contribution in [3.8, 4) is 0 Å². The summed E-state index contributed by atoms with van der Waals surface area (Å²) >= 11 is 2.80. The molecule has 0 saturated heterocycles. The molecule has 4 bridgehead atoms. The number of unbranched alkanes of at least 4 members (excludes halogenated alkanes) is 3. The molecule has 6 nitrogen and oxygen atoms in total.